The summed E-state index contributed by atoms with van der Waals surface area (Å²) in [7, 11) is 0. The van der Waals surface area contributed by atoms with Crippen LogP contribution in [-0.2, 0) is 0 Å². The van der Waals surface area contributed by atoms with Crippen molar-refractivity contribution in [2.24, 2.45) is 0 Å². The van der Waals surface area contributed by atoms with Gasteiger partial charge >= 0.3 is 0 Å². The maximum atomic E-state index is 3.60. The Bertz CT molecular complexity index is 197. The molecule has 1 saturated carbocycles. The highest BCUT2D eigenvalue weighted by Crippen LogP contribution is 2.22. The van der Waals surface area contributed by atoms with E-state index in [9.17, 15) is 0 Å². The Morgan fingerprint density at radius 2 is 1.53 bits per heavy atom. The Balaban J connectivity index is 1.83. The smallest absolute Gasteiger partial charge is 0.00952 e. The molecular weight excluding hydrogens is 208 g/mol. The lowest BCUT2D eigenvalue weighted by molar-refractivity contribution is 0.148. The lowest BCUT2D eigenvalue weighted by atomic mass is 9.95. The van der Waals surface area contributed by atoms with Crippen LogP contribution in [0.25, 0.3) is 0 Å². The number of hydrogen-bond donors (Lipinski definition) is 1. The number of hydrogen-bond acceptors (Lipinski definition) is 2. The molecule has 0 aromatic heterocycles. The van der Waals surface area contributed by atoms with E-state index in [0.717, 1.165) is 6.04 Å². The molecule has 1 N–H and O–H groups in total. The van der Waals surface area contributed by atoms with Crippen LogP contribution in [-0.4, -0.2) is 36.6 Å². The molecule has 1 unspecified atom stereocenters. The van der Waals surface area contributed by atoms with E-state index in [-0.39, 0.29) is 0 Å². The fourth-order valence-corrected chi connectivity index (χ4v) is 3.37. The summed E-state index contributed by atoms with van der Waals surface area (Å²) in [5, 5.41) is 3.60. The topological polar surface area (TPSA) is 15.3 Å². The molecule has 1 aliphatic carbocycles. The molecule has 2 aliphatic rings. The van der Waals surface area contributed by atoms with Crippen molar-refractivity contribution in [3.63, 3.8) is 0 Å². The molecule has 2 rings (SSSR count). The Labute approximate surface area is 107 Å². The summed E-state index contributed by atoms with van der Waals surface area (Å²) in [6, 6.07) is 1.62. The third-order valence-electron chi connectivity index (χ3n) is 4.56. The van der Waals surface area contributed by atoms with E-state index in [2.05, 4.69) is 17.1 Å². The first-order valence-electron chi connectivity index (χ1n) is 7.83. The van der Waals surface area contributed by atoms with E-state index < -0.39 is 0 Å². The highest BCUT2D eigenvalue weighted by Gasteiger charge is 2.20. The van der Waals surface area contributed by atoms with Crippen LogP contribution >= 0.6 is 0 Å². The van der Waals surface area contributed by atoms with Crippen molar-refractivity contribution in [2.45, 2.75) is 76.8 Å². The Kier molecular flexibility index (Phi) is 5.79. The molecule has 17 heavy (non-hydrogen) atoms. The first kappa shape index (κ1) is 13.4. The maximum Gasteiger partial charge on any atom is 0.00952 e. The molecule has 0 aromatic rings. The zero-order valence-electron chi connectivity index (χ0n) is 11.6. The maximum absolute atomic E-state index is 3.60. The van der Waals surface area contributed by atoms with Gasteiger partial charge in [0.05, 0.1) is 0 Å². The van der Waals surface area contributed by atoms with Crippen molar-refractivity contribution in [2.75, 3.05) is 19.6 Å². The van der Waals surface area contributed by atoms with Crippen LogP contribution < -0.4 is 5.32 Å². The normalized spacial score (nSPS) is 31.2. The molecular formula is C15H30N2. The second-order valence-corrected chi connectivity index (χ2v) is 6.03. The summed E-state index contributed by atoms with van der Waals surface area (Å²) in [4.78, 5) is 2.81. The number of nitrogens with zero attached hydrogens (tertiary/aromatic N) is 1. The van der Waals surface area contributed by atoms with Crippen LogP contribution in [0.2, 0.25) is 0 Å². The molecule has 2 fully saturated rings. The molecule has 1 atom stereocenters. The molecule has 0 amide bonds. The predicted octanol–water partition coefficient (Wildman–Crippen LogP) is 3.17. The molecule has 0 spiro atoms. The molecule has 1 saturated heterocycles. The summed E-state index contributed by atoms with van der Waals surface area (Å²) in [5.74, 6) is 0. The van der Waals surface area contributed by atoms with E-state index in [1.54, 1.807) is 0 Å². The highest BCUT2D eigenvalue weighted by atomic mass is 15.2. The van der Waals surface area contributed by atoms with Crippen molar-refractivity contribution in [1.82, 2.24) is 10.2 Å². The van der Waals surface area contributed by atoms with Crippen molar-refractivity contribution in [3.05, 3.63) is 0 Å². The van der Waals surface area contributed by atoms with Crippen molar-refractivity contribution in [3.8, 4) is 0 Å². The van der Waals surface area contributed by atoms with Gasteiger partial charge in [0.2, 0.25) is 0 Å². The molecule has 2 heteroatoms. The van der Waals surface area contributed by atoms with Gasteiger partial charge in [-0.05, 0) is 52.2 Å². The third-order valence-corrected chi connectivity index (χ3v) is 4.56. The molecule has 0 aromatic carbocycles. The number of rotatable bonds is 1. The van der Waals surface area contributed by atoms with Crippen molar-refractivity contribution in [1.29, 1.82) is 0 Å². The SMILES string of the molecule is CC1CCN(C2CCCCCCC2)CCCN1. The monoisotopic (exact) mass is 238 g/mol. The summed E-state index contributed by atoms with van der Waals surface area (Å²) >= 11 is 0. The van der Waals surface area contributed by atoms with Gasteiger partial charge in [-0.1, -0.05) is 32.1 Å². The van der Waals surface area contributed by atoms with Gasteiger partial charge in [-0.3, -0.25) is 0 Å². The fourth-order valence-electron chi connectivity index (χ4n) is 3.37. The molecule has 2 nitrogen and oxygen atoms in total. The Hall–Kier alpha value is -0.0800. The molecule has 100 valence electrons. The second-order valence-electron chi connectivity index (χ2n) is 6.03. The zero-order chi connectivity index (χ0) is 11.9. The predicted molar refractivity (Wildman–Crippen MR) is 74.4 cm³/mol. The summed E-state index contributed by atoms with van der Waals surface area (Å²) in [6.07, 6.45) is 12.9. The van der Waals surface area contributed by atoms with E-state index >= 15 is 0 Å². The van der Waals surface area contributed by atoms with Gasteiger partial charge < -0.3 is 10.2 Å². The van der Waals surface area contributed by atoms with Crippen LogP contribution in [0.3, 0.4) is 0 Å². The second kappa shape index (κ2) is 7.38. The molecule has 0 radical (unpaired) electrons. The largest absolute Gasteiger partial charge is 0.314 e. The van der Waals surface area contributed by atoms with Crippen LogP contribution in [0, 0.1) is 0 Å². The van der Waals surface area contributed by atoms with Crippen LogP contribution in [0.1, 0.15) is 64.7 Å². The van der Waals surface area contributed by atoms with Gasteiger partial charge in [0.1, 0.15) is 0 Å². The van der Waals surface area contributed by atoms with Crippen molar-refractivity contribution < 1.29 is 0 Å². The minimum Gasteiger partial charge on any atom is -0.314 e. The third kappa shape index (κ3) is 4.59. The number of nitrogens with one attached hydrogen (secondary N) is 1. The lowest BCUT2D eigenvalue weighted by Gasteiger charge is -2.35. The molecule has 1 heterocycles. The van der Waals surface area contributed by atoms with Crippen molar-refractivity contribution >= 4 is 0 Å². The molecule has 0 bridgehead atoms. The van der Waals surface area contributed by atoms with Crippen LogP contribution in [0.4, 0.5) is 0 Å². The fraction of sp³-hybridized carbons (Fsp3) is 1.00. The van der Waals surface area contributed by atoms with Gasteiger partial charge in [-0.25, -0.2) is 0 Å². The minimum atomic E-state index is 0.714. The van der Waals surface area contributed by atoms with Crippen LogP contribution in [0.5, 0.6) is 0 Å². The van der Waals surface area contributed by atoms with E-state index in [4.69, 9.17) is 0 Å². The summed E-state index contributed by atoms with van der Waals surface area (Å²) in [5.41, 5.74) is 0. The van der Waals surface area contributed by atoms with Gasteiger partial charge in [0.25, 0.3) is 0 Å². The lowest BCUT2D eigenvalue weighted by Crippen LogP contribution is -2.43. The van der Waals surface area contributed by atoms with Gasteiger partial charge in [0.15, 0.2) is 0 Å². The summed E-state index contributed by atoms with van der Waals surface area (Å²) in [6.45, 7) is 6.19. The Morgan fingerprint density at radius 3 is 2.29 bits per heavy atom. The van der Waals surface area contributed by atoms with E-state index in [0.29, 0.717) is 6.04 Å². The first-order valence-corrected chi connectivity index (χ1v) is 7.83. The average Bonchev–Trinajstić information content (AvgIpc) is 2.25. The quantitative estimate of drug-likeness (QED) is 0.755. The molecule has 1 aliphatic heterocycles. The van der Waals surface area contributed by atoms with Crippen LogP contribution in [0.15, 0.2) is 0 Å². The average molecular weight is 238 g/mol. The van der Waals surface area contributed by atoms with E-state index in [1.807, 2.05) is 0 Å². The summed E-state index contributed by atoms with van der Waals surface area (Å²) < 4.78 is 0. The van der Waals surface area contributed by atoms with Gasteiger partial charge in [-0.15, -0.1) is 0 Å². The van der Waals surface area contributed by atoms with Gasteiger partial charge in [0, 0.05) is 12.1 Å². The first-order chi connectivity index (χ1) is 8.36. The van der Waals surface area contributed by atoms with Gasteiger partial charge in [-0.2, -0.15) is 0 Å². The van der Waals surface area contributed by atoms with E-state index in [1.165, 1.54) is 77.4 Å². The zero-order valence-corrected chi connectivity index (χ0v) is 11.6. The standard InChI is InChI=1S/C15H30N2/c1-14-10-13-17(12-7-11-16-14)15-8-5-3-2-4-6-9-15/h14-16H,2-13H2,1H3. The highest BCUT2D eigenvalue weighted by molar-refractivity contribution is 4.77. The minimum absolute atomic E-state index is 0.714. The Morgan fingerprint density at radius 1 is 0.824 bits per heavy atom.